The van der Waals surface area contributed by atoms with Crippen LogP contribution in [-0.4, -0.2) is 42.4 Å². The number of urea groups is 1. The number of rotatable bonds is 6. The first-order valence-electron chi connectivity index (χ1n) is 9.43. The van der Waals surface area contributed by atoms with Crippen LogP contribution >= 0.6 is 11.3 Å². The van der Waals surface area contributed by atoms with Gasteiger partial charge in [0.1, 0.15) is 17.1 Å². The Hall–Kier alpha value is -3.20. The van der Waals surface area contributed by atoms with Gasteiger partial charge in [-0.05, 0) is 31.4 Å². The van der Waals surface area contributed by atoms with E-state index in [0.717, 1.165) is 9.78 Å². The molecule has 0 radical (unpaired) electrons. The molecule has 9 heteroatoms. The van der Waals surface area contributed by atoms with E-state index in [1.807, 2.05) is 13.0 Å². The van der Waals surface area contributed by atoms with Gasteiger partial charge in [-0.15, -0.1) is 11.3 Å². The minimum atomic E-state index is -1.20. The van der Waals surface area contributed by atoms with Crippen molar-refractivity contribution in [2.24, 2.45) is 0 Å². The summed E-state index contributed by atoms with van der Waals surface area (Å²) >= 11 is 1.24. The summed E-state index contributed by atoms with van der Waals surface area (Å²) in [5, 5.41) is 5.72. The first-order valence-corrected chi connectivity index (χ1v) is 10.2. The van der Waals surface area contributed by atoms with E-state index < -0.39 is 35.9 Å². The first-order chi connectivity index (χ1) is 14.2. The molecule has 1 saturated heterocycles. The molecule has 1 aromatic heterocycles. The maximum Gasteiger partial charge on any atom is 0.341 e. The van der Waals surface area contributed by atoms with Gasteiger partial charge in [0.2, 0.25) is 5.91 Å². The van der Waals surface area contributed by atoms with Crippen molar-refractivity contribution in [2.75, 3.05) is 19.0 Å². The minimum absolute atomic E-state index is 0.276. The monoisotopic (exact) mass is 429 g/mol. The molecule has 30 heavy (non-hydrogen) atoms. The average Bonchev–Trinajstić information content (AvgIpc) is 3.15. The third-order valence-corrected chi connectivity index (χ3v) is 6.42. The number of anilines is 1. The third kappa shape index (κ3) is 3.56. The predicted molar refractivity (Wildman–Crippen MR) is 112 cm³/mol. The van der Waals surface area contributed by atoms with Crippen molar-refractivity contribution in [3.63, 3.8) is 0 Å². The summed E-state index contributed by atoms with van der Waals surface area (Å²) in [5.74, 6) is -1.62. The number of nitrogens with zero attached hydrogens (tertiary/aromatic N) is 1. The van der Waals surface area contributed by atoms with Crippen molar-refractivity contribution < 1.29 is 23.9 Å². The fourth-order valence-electron chi connectivity index (χ4n) is 3.50. The van der Waals surface area contributed by atoms with Gasteiger partial charge in [0, 0.05) is 4.88 Å². The summed E-state index contributed by atoms with van der Waals surface area (Å²) < 4.78 is 4.80. The van der Waals surface area contributed by atoms with Crippen LogP contribution in [-0.2, 0) is 19.9 Å². The number of carbonyl (C=O) groups is 4. The lowest BCUT2D eigenvalue weighted by molar-refractivity contribution is -0.134. The molecule has 1 atom stereocenters. The normalized spacial score (nSPS) is 18.3. The molecule has 0 bridgehead atoms. The fourth-order valence-corrected chi connectivity index (χ4v) is 4.57. The zero-order valence-corrected chi connectivity index (χ0v) is 18.0. The molecule has 1 aliphatic heterocycles. The number of hydrogen-bond donors (Lipinski definition) is 2. The molecule has 1 aromatic carbocycles. The molecule has 1 fully saturated rings. The highest BCUT2D eigenvalue weighted by molar-refractivity contribution is 7.16. The van der Waals surface area contributed by atoms with Gasteiger partial charge < -0.3 is 15.4 Å². The molecule has 0 saturated carbocycles. The van der Waals surface area contributed by atoms with Gasteiger partial charge in [0.25, 0.3) is 5.91 Å². The molecule has 0 aliphatic carbocycles. The van der Waals surface area contributed by atoms with E-state index in [4.69, 9.17) is 4.74 Å². The number of ether oxygens (including phenoxy) is 1. The highest BCUT2D eigenvalue weighted by Gasteiger charge is 2.51. The van der Waals surface area contributed by atoms with Gasteiger partial charge in [0.05, 0.1) is 12.7 Å². The van der Waals surface area contributed by atoms with Gasteiger partial charge in [-0.2, -0.15) is 0 Å². The molecule has 2 N–H and O–H groups in total. The predicted octanol–water partition coefficient (Wildman–Crippen LogP) is 2.95. The van der Waals surface area contributed by atoms with Gasteiger partial charge in [-0.25, -0.2) is 9.59 Å². The molecular formula is C21H23N3O5S. The summed E-state index contributed by atoms with van der Waals surface area (Å²) in [6, 6.07) is 8.31. The Morgan fingerprint density at radius 1 is 1.20 bits per heavy atom. The van der Waals surface area contributed by atoms with E-state index in [1.54, 1.807) is 38.1 Å². The lowest BCUT2D eigenvalue weighted by atomic mass is 9.87. The number of carbonyl (C=O) groups excluding carboxylic acids is 4. The number of imide groups is 1. The molecular weight excluding hydrogens is 406 g/mol. The second kappa shape index (κ2) is 8.27. The Morgan fingerprint density at radius 3 is 2.47 bits per heavy atom. The standard InChI is InChI=1S/C21H23N3O5S/c1-5-21(14-9-7-6-8-10-14)19(27)24(20(28)23-21)11-15(25)22-17-16(18(26)29-4)12(2)13(3)30-17/h6-10H,5,11H2,1-4H3,(H,22,25)(H,23,28). The van der Waals surface area contributed by atoms with Gasteiger partial charge >= 0.3 is 12.0 Å². The average molecular weight is 429 g/mol. The number of methoxy groups -OCH3 is 1. The van der Waals surface area contributed by atoms with Crippen molar-refractivity contribution >= 4 is 40.2 Å². The molecule has 1 aliphatic rings. The van der Waals surface area contributed by atoms with Crippen molar-refractivity contribution in [1.82, 2.24) is 10.2 Å². The second-order valence-corrected chi connectivity index (χ2v) is 8.20. The SMILES string of the molecule is CCC1(c2ccccc2)NC(=O)N(CC(=O)Nc2sc(C)c(C)c2C(=O)OC)C1=O. The largest absolute Gasteiger partial charge is 0.465 e. The van der Waals surface area contributed by atoms with Crippen molar-refractivity contribution in [3.8, 4) is 0 Å². The summed E-state index contributed by atoms with van der Waals surface area (Å²) in [6.45, 7) is 4.93. The van der Waals surface area contributed by atoms with E-state index in [0.29, 0.717) is 22.5 Å². The molecule has 3 rings (SSSR count). The highest BCUT2D eigenvalue weighted by atomic mass is 32.1. The van der Waals surface area contributed by atoms with Crippen molar-refractivity contribution in [1.29, 1.82) is 0 Å². The molecule has 2 heterocycles. The first kappa shape index (κ1) is 21.5. The zero-order valence-electron chi connectivity index (χ0n) is 17.2. The van der Waals surface area contributed by atoms with Crippen LogP contribution in [0.3, 0.4) is 0 Å². The van der Waals surface area contributed by atoms with Gasteiger partial charge in [-0.1, -0.05) is 37.3 Å². The highest BCUT2D eigenvalue weighted by Crippen LogP contribution is 2.34. The van der Waals surface area contributed by atoms with Crippen LogP contribution in [0.25, 0.3) is 0 Å². The fraction of sp³-hybridized carbons (Fsp3) is 0.333. The summed E-state index contributed by atoms with van der Waals surface area (Å²) in [7, 11) is 1.27. The van der Waals surface area contributed by atoms with Crippen molar-refractivity contribution in [3.05, 3.63) is 51.9 Å². The van der Waals surface area contributed by atoms with Crippen molar-refractivity contribution in [2.45, 2.75) is 32.7 Å². The van der Waals surface area contributed by atoms with Crippen LogP contribution in [0, 0.1) is 13.8 Å². The van der Waals surface area contributed by atoms with Crippen LogP contribution in [0.4, 0.5) is 9.80 Å². The molecule has 158 valence electrons. The molecule has 1 unspecified atom stereocenters. The van der Waals surface area contributed by atoms with Gasteiger partial charge in [-0.3, -0.25) is 14.5 Å². The van der Waals surface area contributed by atoms with E-state index >= 15 is 0 Å². The quantitative estimate of drug-likeness (QED) is 0.543. The Bertz CT molecular complexity index is 1020. The van der Waals surface area contributed by atoms with Crippen LogP contribution < -0.4 is 10.6 Å². The van der Waals surface area contributed by atoms with Crippen LogP contribution in [0.1, 0.15) is 39.7 Å². The molecule has 2 aromatic rings. The number of benzene rings is 1. The Kier molecular flexibility index (Phi) is 5.93. The second-order valence-electron chi connectivity index (χ2n) is 6.97. The number of thiophene rings is 1. The van der Waals surface area contributed by atoms with Crippen LogP contribution in [0.5, 0.6) is 0 Å². The summed E-state index contributed by atoms with van der Waals surface area (Å²) in [5.41, 5.74) is 0.446. The molecule has 0 spiro atoms. The molecule has 8 nitrogen and oxygen atoms in total. The van der Waals surface area contributed by atoms with Crippen LogP contribution in [0.2, 0.25) is 0 Å². The smallest absolute Gasteiger partial charge is 0.341 e. The van der Waals surface area contributed by atoms with Gasteiger partial charge in [0.15, 0.2) is 0 Å². The van der Waals surface area contributed by atoms with Crippen LogP contribution in [0.15, 0.2) is 30.3 Å². The third-order valence-electron chi connectivity index (χ3n) is 5.30. The van der Waals surface area contributed by atoms with E-state index in [9.17, 15) is 19.2 Å². The number of amides is 4. The number of hydrogen-bond acceptors (Lipinski definition) is 6. The van der Waals surface area contributed by atoms with E-state index in [2.05, 4.69) is 10.6 Å². The van der Waals surface area contributed by atoms with E-state index in [-0.39, 0.29) is 5.56 Å². The topological polar surface area (TPSA) is 105 Å². The summed E-state index contributed by atoms with van der Waals surface area (Å²) in [4.78, 5) is 52.2. The van der Waals surface area contributed by atoms with E-state index in [1.165, 1.54) is 18.4 Å². The minimum Gasteiger partial charge on any atom is -0.465 e. The number of nitrogens with one attached hydrogen (secondary N) is 2. The Labute approximate surface area is 178 Å². The maximum atomic E-state index is 13.1. The maximum absolute atomic E-state index is 13.1. The molecule has 4 amide bonds. The lowest BCUT2D eigenvalue weighted by Gasteiger charge is -2.25. The number of aryl methyl sites for hydroxylation is 1. The Balaban J connectivity index is 1.81. The number of esters is 1. The lowest BCUT2D eigenvalue weighted by Crippen LogP contribution is -2.44. The Morgan fingerprint density at radius 2 is 1.87 bits per heavy atom. The summed E-state index contributed by atoms with van der Waals surface area (Å²) in [6.07, 6.45) is 0.343. The zero-order chi connectivity index (χ0) is 22.1.